The number of nitrogens with two attached hydrogens (primary N) is 1. The van der Waals surface area contributed by atoms with Crippen LogP contribution in [0.3, 0.4) is 0 Å². The maximum absolute atomic E-state index is 11.8. The van der Waals surface area contributed by atoms with Crippen molar-refractivity contribution in [3.8, 4) is 0 Å². The van der Waals surface area contributed by atoms with Gasteiger partial charge in [-0.05, 0) is 22.8 Å². The minimum Gasteiger partial charge on any atom is -0.397 e. The second-order valence-electron chi connectivity index (χ2n) is 5.03. The normalized spacial score (nSPS) is 11.8. The molecule has 1 heterocycles. The lowest BCUT2D eigenvalue weighted by Crippen LogP contribution is -2.36. The number of rotatable bonds is 4. The fourth-order valence-electron chi connectivity index (χ4n) is 1.10. The van der Waals surface area contributed by atoms with Crippen LogP contribution >= 0.6 is 11.3 Å². The number of anilines is 1. The molecule has 1 aromatic heterocycles. The Balaban J connectivity index is 2.58. The number of nitrogen functional groups attached to an aromatic ring is 1. The van der Waals surface area contributed by atoms with Gasteiger partial charge in [-0.25, -0.2) is 0 Å². The number of nitrogens with one attached hydrogen (secondary N) is 1. The van der Waals surface area contributed by atoms with E-state index in [1.165, 1.54) is 11.3 Å². The van der Waals surface area contributed by atoms with Gasteiger partial charge in [-0.2, -0.15) is 0 Å². The molecular formula is C12H20N2OS. The number of thiophene rings is 1. The van der Waals surface area contributed by atoms with Gasteiger partial charge in [0.25, 0.3) is 5.91 Å². The summed E-state index contributed by atoms with van der Waals surface area (Å²) < 4.78 is 0. The van der Waals surface area contributed by atoms with Gasteiger partial charge in [0.15, 0.2) is 0 Å². The Labute approximate surface area is 101 Å². The first-order chi connectivity index (χ1) is 7.34. The standard InChI is InChI=1S/C12H20N2OS/c1-8(2)12(3,4)7-14-11(15)10-9(13)5-6-16-10/h5-6,8H,7,13H2,1-4H3,(H,14,15). The SMILES string of the molecule is CC(C)C(C)(C)CNC(=O)c1sccc1N. The topological polar surface area (TPSA) is 55.1 Å². The number of hydrogen-bond donors (Lipinski definition) is 2. The molecule has 90 valence electrons. The molecule has 0 aromatic carbocycles. The van der Waals surface area contributed by atoms with Crippen molar-refractivity contribution in [1.29, 1.82) is 0 Å². The van der Waals surface area contributed by atoms with Gasteiger partial charge in [0, 0.05) is 6.54 Å². The third-order valence-corrected chi connectivity index (χ3v) is 4.10. The first-order valence-corrected chi connectivity index (χ1v) is 6.33. The van der Waals surface area contributed by atoms with Gasteiger partial charge >= 0.3 is 0 Å². The third kappa shape index (κ3) is 2.98. The van der Waals surface area contributed by atoms with E-state index in [2.05, 4.69) is 33.0 Å². The highest BCUT2D eigenvalue weighted by atomic mass is 32.1. The van der Waals surface area contributed by atoms with E-state index in [1.807, 2.05) is 5.38 Å². The fraction of sp³-hybridized carbons (Fsp3) is 0.583. The maximum atomic E-state index is 11.8. The van der Waals surface area contributed by atoms with Crippen LogP contribution in [0, 0.1) is 11.3 Å². The molecule has 1 rings (SSSR count). The lowest BCUT2D eigenvalue weighted by molar-refractivity contribution is 0.0929. The highest BCUT2D eigenvalue weighted by Crippen LogP contribution is 2.25. The molecule has 0 bridgehead atoms. The number of hydrogen-bond acceptors (Lipinski definition) is 3. The summed E-state index contributed by atoms with van der Waals surface area (Å²) in [6, 6.07) is 1.76. The van der Waals surface area contributed by atoms with E-state index < -0.39 is 0 Å². The van der Waals surface area contributed by atoms with E-state index in [4.69, 9.17) is 5.73 Å². The van der Waals surface area contributed by atoms with E-state index in [0.29, 0.717) is 23.0 Å². The molecule has 0 spiro atoms. The first-order valence-electron chi connectivity index (χ1n) is 5.46. The summed E-state index contributed by atoms with van der Waals surface area (Å²) >= 11 is 1.38. The molecule has 0 saturated carbocycles. The van der Waals surface area contributed by atoms with Gasteiger partial charge in [0.2, 0.25) is 0 Å². The third-order valence-electron chi connectivity index (χ3n) is 3.17. The molecule has 3 N–H and O–H groups in total. The lowest BCUT2D eigenvalue weighted by Gasteiger charge is -2.29. The van der Waals surface area contributed by atoms with Crippen LogP contribution in [0.4, 0.5) is 5.69 Å². The quantitative estimate of drug-likeness (QED) is 0.850. The lowest BCUT2D eigenvalue weighted by atomic mass is 9.81. The number of carbonyl (C=O) groups excluding carboxylic acids is 1. The summed E-state index contributed by atoms with van der Waals surface area (Å²) in [5.74, 6) is 0.453. The summed E-state index contributed by atoms with van der Waals surface area (Å²) in [7, 11) is 0. The molecule has 0 saturated heterocycles. The van der Waals surface area contributed by atoms with Gasteiger partial charge in [-0.3, -0.25) is 4.79 Å². The highest BCUT2D eigenvalue weighted by Gasteiger charge is 2.23. The van der Waals surface area contributed by atoms with Crippen molar-refractivity contribution < 1.29 is 4.79 Å². The van der Waals surface area contributed by atoms with E-state index in [-0.39, 0.29) is 11.3 Å². The maximum Gasteiger partial charge on any atom is 0.263 e. The Morgan fingerprint density at radius 3 is 2.62 bits per heavy atom. The molecule has 0 radical (unpaired) electrons. The number of carbonyl (C=O) groups is 1. The zero-order valence-corrected chi connectivity index (χ0v) is 11.1. The molecule has 1 aromatic rings. The van der Waals surface area contributed by atoms with E-state index in [0.717, 1.165) is 0 Å². The van der Waals surface area contributed by atoms with Gasteiger partial charge in [-0.1, -0.05) is 27.7 Å². The smallest absolute Gasteiger partial charge is 0.263 e. The first kappa shape index (κ1) is 13.0. The van der Waals surface area contributed by atoms with Crippen LogP contribution in [0.5, 0.6) is 0 Å². The van der Waals surface area contributed by atoms with Crippen LogP contribution in [0.1, 0.15) is 37.4 Å². The zero-order chi connectivity index (χ0) is 12.3. The molecule has 0 aliphatic carbocycles. The van der Waals surface area contributed by atoms with Crippen LogP contribution in [0.15, 0.2) is 11.4 Å². The van der Waals surface area contributed by atoms with Crippen molar-refractivity contribution in [2.75, 3.05) is 12.3 Å². The van der Waals surface area contributed by atoms with Gasteiger partial charge < -0.3 is 11.1 Å². The predicted molar refractivity (Wildman–Crippen MR) is 69.7 cm³/mol. The van der Waals surface area contributed by atoms with E-state index in [1.54, 1.807) is 6.07 Å². The molecular weight excluding hydrogens is 220 g/mol. The van der Waals surface area contributed by atoms with Crippen LogP contribution in [-0.2, 0) is 0 Å². The Morgan fingerprint density at radius 1 is 1.56 bits per heavy atom. The Hall–Kier alpha value is -1.03. The molecule has 4 heteroatoms. The average Bonchev–Trinajstić information content (AvgIpc) is 2.61. The summed E-state index contributed by atoms with van der Waals surface area (Å²) in [5, 5.41) is 4.77. The minimum absolute atomic E-state index is 0.0683. The minimum atomic E-state index is -0.0683. The van der Waals surface area contributed by atoms with Crippen LogP contribution < -0.4 is 11.1 Å². The summed E-state index contributed by atoms with van der Waals surface area (Å²) in [5.41, 5.74) is 6.35. The van der Waals surface area contributed by atoms with Crippen molar-refractivity contribution in [2.45, 2.75) is 27.7 Å². The highest BCUT2D eigenvalue weighted by molar-refractivity contribution is 7.12. The molecule has 0 unspecified atom stereocenters. The Morgan fingerprint density at radius 2 is 2.19 bits per heavy atom. The fourth-order valence-corrected chi connectivity index (χ4v) is 1.83. The second kappa shape index (κ2) is 4.87. The summed E-state index contributed by atoms with van der Waals surface area (Å²) in [6.07, 6.45) is 0. The van der Waals surface area contributed by atoms with Crippen LogP contribution in [-0.4, -0.2) is 12.5 Å². The van der Waals surface area contributed by atoms with Crippen molar-refractivity contribution >= 4 is 22.9 Å². The van der Waals surface area contributed by atoms with Crippen molar-refractivity contribution in [1.82, 2.24) is 5.32 Å². The zero-order valence-electron chi connectivity index (χ0n) is 10.3. The molecule has 0 fully saturated rings. The Kier molecular flexibility index (Phi) is 3.97. The van der Waals surface area contributed by atoms with Gasteiger partial charge in [0.1, 0.15) is 4.88 Å². The second-order valence-corrected chi connectivity index (χ2v) is 5.95. The molecule has 16 heavy (non-hydrogen) atoms. The van der Waals surface area contributed by atoms with Crippen LogP contribution in [0.25, 0.3) is 0 Å². The Bertz CT molecular complexity index is 369. The molecule has 0 aliphatic rings. The van der Waals surface area contributed by atoms with Gasteiger partial charge in [0.05, 0.1) is 5.69 Å². The summed E-state index contributed by atoms with van der Waals surface area (Å²) in [4.78, 5) is 12.4. The molecule has 1 amide bonds. The van der Waals surface area contributed by atoms with E-state index in [9.17, 15) is 4.79 Å². The van der Waals surface area contributed by atoms with E-state index >= 15 is 0 Å². The molecule has 0 atom stereocenters. The van der Waals surface area contributed by atoms with Crippen LogP contribution in [0.2, 0.25) is 0 Å². The molecule has 3 nitrogen and oxygen atoms in total. The van der Waals surface area contributed by atoms with Gasteiger partial charge in [-0.15, -0.1) is 11.3 Å². The number of amides is 1. The predicted octanol–water partition coefficient (Wildman–Crippen LogP) is 2.74. The largest absolute Gasteiger partial charge is 0.397 e. The van der Waals surface area contributed by atoms with Crippen molar-refractivity contribution in [3.63, 3.8) is 0 Å². The summed E-state index contributed by atoms with van der Waals surface area (Å²) in [6.45, 7) is 9.28. The average molecular weight is 240 g/mol. The monoisotopic (exact) mass is 240 g/mol. The van der Waals surface area contributed by atoms with Crippen molar-refractivity contribution in [2.24, 2.45) is 11.3 Å². The van der Waals surface area contributed by atoms with Crippen molar-refractivity contribution in [3.05, 3.63) is 16.3 Å². The molecule has 0 aliphatic heterocycles.